The van der Waals surface area contributed by atoms with E-state index in [1.807, 2.05) is 0 Å². The van der Waals surface area contributed by atoms with E-state index < -0.39 is 0 Å². The molecule has 1 aromatic heterocycles. The molecule has 0 saturated heterocycles. The van der Waals surface area contributed by atoms with Crippen molar-refractivity contribution < 1.29 is 0 Å². The molecule has 2 heteroatoms. The fourth-order valence-electron chi connectivity index (χ4n) is 7.06. The van der Waals surface area contributed by atoms with Crippen LogP contribution in [0.25, 0.3) is 61.1 Å². The van der Waals surface area contributed by atoms with Crippen LogP contribution in [-0.2, 0) is 0 Å². The molecule has 0 N–H and O–H groups in total. The number of rotatable bonds is 5. The van der Waals surface area contributed by atoms with Crippen molar-refractivity contribution in [2.45, 2.75) is 0 Å². The molecule has 1 aliphatic rings. The topological polar surface area (TPSA) is 8.17 Å². The molecule has 0 fully saturated rings. The van der Waals surface area contributed by atoms with E-state index in [-0.39, 0.29) is 0 Å². The van der Waals surface area contributed by atoms with Gasteiger partial charge >= 0.3 is 0 Å². The van der Waals surface area contributed by atoms with Gasteiger partial charge in [0.15, 0.2) is 0 Å². The molecule has 1 heterocycles. The zero-order valence-corrected chi connectivity index (χ0v) is 25.2. The summed E-state index contributed by atoms with van der Waals surface area (Å²) >= 11 is 0. The van der Waals surface area contributed by atoms with E-state index in [1.54, 1.807) is 0 Å². The third kappa shape index (κ3) is 4.27. The molecule has 0 amide bonds. The van der Waals surface area contributed by atoms with Crippen LogP contribution in [0, 0.1) is 0 Å². The fourth-order valence-corrected chi connectivity index (χ4v) is 7.06. The maximum Gasteiger partial charge on any atom is 0.0541 e. The van der Waals surface area contributed by atoms with Crippen molar-refractivity contribution in [1.82, 2.24) is 4.57 Å². The summed E-state index contributed by atoms with van der Waals surface area (Å²) in [7, 11) is 0. The van der Waals surface area contributed by atoms with Gasteiger partial charge < -0.3 is 9.47 Å². The first-order chi connectivity index (χ1) is 22.8. The molecule has 0 atom stereocenters. The molecule has 2 nitrogen and oxygen atoms in total. The summed E-state index contributed by atoms with van der Waals surface area (Å²) in [5.74, 6) is 0. The van der Waals surface area contributed by atoms with Gasteiger partial charge in [-0.05, 0) is 93.5 Å². The Hall–Kier alpha value is -6.12. The number of aromatic nitrogens is 1. The number of anilines is 3. The molecular formula is C44H30N2. The molecule has 0 aliphatic heterocycles. The Kier molecular flexibility index (Phi) is 6.17. The van der Waals surface area contributed by atoms with Gasteiger partial charge in [-0.3, -0.25) is 0 Å². The summed E-state index contributed by atoms with van der Waals surface area (Å²) in [5.41, 5.74) is 15.7. The summed E-state index contributed by atoms with van der Waals surface area (Å²) in [6.45, 7) is 0. The number of fused-ring (bicyclic) bond motifs is 5. The lowest BCUT2D eigenvalue weighted by Crippen LogP contribution is -2.10. The minimum atomic E-state index is 1.12. The molecule has 46 heavy (non-hydrogen) atoms. The Bertz CT molecular complexity index is 2330. The van der Waals surface area contributed by atoms with Crippen LogP contribution in [0.15, 0.2) is 182 Å². The van der Waals surface area contributed by atoms with Gasteiger partial charge in [0.2, 0.25) is 0 Å². The highest BCUT2D eigenvalue weighted by Crippen LogP contribution is 2.50. The van der Waals surface area contributed by atoms with Crippen LogP contribution in [0.1, 0.15) is 0 Å². The fraction of sp³-hybridized carbons (Fsp3) is 0. The van der Waals surface area contributed by atoms with Gasteiger partial charge in [-0.1, -0.05) is 121 Å². The molecule has 0 radical (unpaired) electrons. The van der Waals surface area contributed by atoms with Crippen molar-refractivity contribution in [2.75, 3.05) is 4.90 Å². The Balaban J connectivity index is 1.26. The summed E-state index contributed by atoms with van der Waals surface area (Å²) in [4.78, 5) is 2.36. The third-order valence-electron chi connectivity index (χ3n) is 9.17. The van der Waals surface area contributed by atoms with Crippen LogP contribution in [0.3, 0.4) is 0 Å². The average Bonchev–Trinajstić information content (AvgIpc) is 3.48. The van der Waals surface area contributed by atoms with Gasteiger partial charge in [-0.2, -0.15) is 0 Å². The van der Waals surface area contributed by atoms with Crippen molar-refractivity contribution in [1.29, 1.82) is 0 Å². The molecule has 7 aromatic carbocycles. The first kappa shape index (κ1) is 26.3. The van der Waals surface area contributed by atoms with Crippen molar-refractivity contribution in [3.05, 3.63) is 182 Å². The normalized spacial score (nSPS) is 11.5. The zero-order chi connectivity index (χ0) is 30.5. The van der Waals surface area contributed by atoms with Crippen LogP contribution in [0.5, 0.6) is 0 Å². The van der Waals surface area contributed by atoms with E-state index in [2.05, 4.69) is 192 Å². The molecule has 0 unspecified atom stereocenters. The highest BCUT2D eigenvalue weighted by Gasteiger charge is 2.25. The maximum absolute atomic E-state index is 2.38. The quantitative estimate of drug-likeness (QED) is 0.195. The van der Waals surface area contributed by atoms with Crippen molar-refractivity contribution in [2.24, 2.45) is 0 Å². The van der Waals surface area contributed by atoms with Crippen molar-refractivity contribution >= 4 is 28.0 Å². The lowest BCUT2D eigenvalue weighted by Gasteiger charge is -2.27. The van der Waals surface area contributed by atoms with Gasteiger partial charge in [-0.15, -0.1) is 0 Å². The summed E-state index contributed by atoms with van der Waals surface area (Å²) in [6, 6.07) is 63.3. The number of benzene rings is 7. The van der Waals surface area contributed by atoms with Gasteiger partial charge in [0, 0.05) is 39.9 Å². The maximum atomic E-state index is 2.38. The Morgan fingerprint density at radius 3 is 1.63 bits per heavy atom. The lowest BCUT2D eigenvalue weighted by atomic mass is 9.93. The van der Waals surface area contributed by atoms with Crippen LogP contribution < -0.4 is 4.90 Å². The van der Waals surface area contributed by atoms with Crippen molar-refractivity contribution in [3.63, 3.8) is 0 Å². The van der Waals surface area contributed by atoms with E-state index in [0.717, 1.165) is 22.7 Å². The lowest BCUT2D eigenvalue weighted by molar-refractivity contribution is 1.13. The first-order valence-corrected chi connectivity index (χ1v) is 15.8. The van der Waals surface area contributed by atoms with Gasteiger partial charge in [0.05, 0.1) is 5.52 Å². The molecule has 0 spiro atoms. The Morgan fingerprint density at radius 1 is 0.348 bits per heavy atom. The van der Waals surface area contributed by atoms with Crippen molar-refractivity contribution in [3.8, 4) is 50.2 Å². The minimum Gasteiger partial charge on any atom is -0.316 e. The Morgan fingerprint density at radius 2 is 0.891 bits per heavy atom. The summed E-state index contributed by atoms with van der Waals surface area (Å²) in [5, 5.41) is 1.29. The van der Waals surface area contributed by atoms with E-state index >= 15 is 0 Å². The number of hydrogen-bond acceptors (Lipinski definition) is 1. The monoisotopic (exact) mass is 586 g/mol. The smallest absolute Gasteiger partial charge is 0.0541 e. The number of nitrogens with zero attached hydrogens (tertiary/aromatic N) is 2. The van der Waals surface area contributed by atoms with Crippen LogP contribution >= 0.6 is 0 Å². The average molecular weight is 587 g/mol. The number of hydrogen-bond donors (Lipinski definition) is 0. The zero-order valence-electron chi connectivity index (χ0n) is 25.2. The molecule has 8 aromatic rings. The Labute approximate surface area is 269 Å². The van der Waals surface area contributed by atoms with E-state index in [9.17, 15) is 0 Å². The van der Waals surface area contributed by atoms with Gasteiger partial charge in [-0.25, -0.2) is 0 Å². The molecule has 9 rings (SSSR count). The van der Waals surface area contributed by atoms with E-state index in [1.165, 1.54) is 55.4 Å². The predicted molar refractivity (Wildman–Crippen MR) is 193 cm³/mol. The molecular weight excluding hydrogens is 556 g/mol. The first-order valence-electron chi connectivity index (χ1n) is 15.8. The second-order valence-corrected chi connectivity index (χ2v) is 11.8. The molecule has 216 valence electrons. The second-order valence-electron chi connectivity index (χ2n) is 11.8. The molecule has 0 saturated carbocycles. The van der Waals surface area contributed by atoms with E-state index in [0.29, 0.717) is 0 Å². The molecule has 1 aliphatic carbocycles. The van der Waals surface area contributed by atoms with Gasteiger partial charge in [0.1, 0.15) is 0 Å². The second kappa shape index (κ2) is 10.8. The minimum absolute atomic E-state index is 1.12. The highest BCUT2D eigenvalue weighted by molar-refractivity contribution is 6.14. The SMILES string of the molecule is c1ccc(-c2ccc(N(c3ccccc3)c3ccc4c(c3)-c3ccccc3-c3cccc5c3c-4cn5-c3ccccc3)cc2)cc1. The van der Waals surface area contributed by atoms with Gasteiger partial charge in [0.25, 0.3) is 0 Å². The van der Waals surface area contributed by atoms with E-state index in [4.69, 9.17) is 0 Å². The third-order valence-corrected chi connectivity index (χ3v) is 9.17. The standard InChI is InChI=1S/C44H30N2/c1-4-13-31(14-5-1)32-23-25-35(26-24-32)46(34-17-8-3-9-18-34)36-27-28-39-41(29-36)38-20-11-10-19-37(38)40-21-12-22-43-44(40)42(39)30-45(43)33-15-6-2-7-16-33/h1-30H. The molecule has 0 bridgehead atoms. The van der Waals surface area contributed by atoms with Crippen LogP contribution in [0.4, 0.5) is 17.1 Å². The summed E-state index contributed by atoms with van der Waals surface area (Å²) in [6.07, 6.45) is 2.32. The van der Waals surface area contributed by atoms with Crippen LogP contribution in [-0.4, -0.2) is 4.57 Å². The largest absolute Gasteiger partial charge is 0.316 e. The summed E-state index contributed by atoms with van der Waals surface area (Å²) < 4.78 is 2.34. The highest BCUT2D eigenvalue weighted by atomic mass is 15.1. The predicted octanol–water partition coefficient (Wildman–Crippen LogP) is 12.1. The van der Waals surface area contributed by atoms with Crippen LogP contribution in [0.2, 0.25) is 0 Å². The number of para-hydroxylation sites is 2.